The van der Waals surface area contributed by atoms with Crippen LogP contribution in [0.1, 0.15) is 18.3 Å². The molecule has 0 spiro atoms. The Bertz CT molecular complexity index is 565. The Labute approximate surface area is 111 Å². The Morgan fingerprint density at radius 1 is 1.47 bits per heavy atom. The fraction of sp³-hybridized carbons (Fsp3) is 0.308. The van der Waals surface area contributed by atoms with Crippen molar-refractivity contribution in [2.75, 3.05) is 6.54 Å². The molecule has 6 heteroatoms. The minimum atomic E-state index is -0.378. The Hall–Kier alpha value is -2.21. The van der Waals surface area contributed by atoms with E-state index in [2.05, 4.69) is 10.3 Å². The Kier molecular flexibility index (Phi) is 4.25. The molecular weight excluding hydrogens is 244 g/mol. The predicted molar refractivity (Wildman–Crippen MR) is 71.8 cm³/mol. The molecule has 0 bridgehead atoms. The number of hydrogen-bond acceptors (Lipinski definition) is 4. The second-order valence-electron chi connectivity index (χ2n) is 4.18. The molecule has 0 radical (unpaired) electrons. The van der Waals surface area contributed by atoms with E-state index in [0.29, 0.717) is 13.1 Å². The number of benzene rings is 1. The van der Waals surface area contributed by atoms with Crippen molar-refractivity contribution in [3.05, 3.63) is 58.2 Å². The fourth-order valence-corrected chi connectivity index (χ4v) is 1.85. The lowest BCUT2D eigenvalue weighted by Gasteiger charge is -2.08. The first-order valence-electron chi connectivity index (χ1n) is 6.14. The summed E-state index contributed by atoms with van der Waals surface area (Å²) in [6, 6.07) is 6.67. The SMILES string of the molecule is CCNCc1nccn1Cc1cccc([N+](=O)[O-])c1. The summed E-state index contributed by atoms with van der Waals surface area (Å²) < 4.78 is 1.99. The molecule has 0 unspecified atom stereocenters. The van der Waals surface area contributed by atoms with Crippen LogP contribution in [0.3, 0.4) is 0 Å². The van der Waals surface area contributed by atoms with Gasteiger partial charge in [-0.25, -0.2) is 4.98 Å². The number of nitrogens with zero attached hydrogens (tertiary/aromatic N) is 3. The van der Waals surface area contributed by atoms with Crippen LogP contribution in [0.4, 0.5) is 5.69 Å². The summed E-state index contributed by atoms with van der Waals surface area (Å²) in [5.41, 5.74) is 1.01. The molecule has 0 saturated heterocycles. The Morgan fingerprint density at radius 2 is 2.32 bits per heavy atom. The highest BCUT2D eigenvalue weighted by Gasteiger charge is 2.07. The van der Waals surface area contributed by atoms with E-state index in [9.17, 15) is 10.1 Å². The second-order valence-corrected chi connectivity index (χ2v) is 4.18. The van der Waals surface area contributed by atoms with Gasteiger partial charge in [0.2, 0.25) is 0 Å². The van der Waals surface area contributed by atoms with E-state index < -0.39 is 0 Å². The minimum Gasteiger partial charge on any atom is -0.329 e. The van der Waals surface area contributed by atoms with Gasteiger partial charge in [-0.2, -0.15) is 0 Å². The quantitative estimate of drug-likeness (QED) is 0.636. The van der Waals surface area contributed by atoms with E-state index in [-0.39, 0.29) is 10.6 Å². The van der Waals surface area contributed by atoms with Crippen molar-refractivity contribution >= 4 is 5.69 Å². The van der Waals surface area contributed by atoms with Crippen LogP contribution >= 0.6 is 0 Å². The predicted octanol–water partition coefficient (Wildman–Crippen LogP) is 1.95. The number of nitro benzene ring substituents is 1. The molecule has 100 valence electrons. The van der Waals surface area contributed by atoms with Gasteiger partial charge in [-0.3, -0.25) is 10.1 Å². The highest BCUT2D eigenvalue weighted by Crippen LogP contribution is 2.14. The minimum absolute atomic E-state index is 0.117. The maximum absolute atomic E-state index is 10.7. The Balaban J connectivity index is 2.14. The number of aromatic nitrogens is 2. The third kappa shape index (κ3) is 3.38. The van der Waals surface area contributed by atoms with E-state index in [1.807, 2.05) is 23.8 Å². The average Bonchev–Trinajstić information content (AvgIpc) is 2.84. The summed E-state index contributed by atoms with van der Waals surface area (Å²) in [6.07, 6.45) is 3.62. The maximum Gasteiger partial charge on any atom is 0.269 e. The second kappa shape index (κ2) is 6.10. The van der Waals surface area contributed by atoms with Crippen molar-refractivity contribution in [1.82, 2.24) is 14.9 Å². The van der Waals surface area contributed by atoms with E-state index in [1.54, 1.807) is 18.3 Å². The molecule has 0 amide bonds. The molecule has 1 N–H and O–H groups in total. The van der Waals surface area contributed by atoms with E-state index in [1.165, 1.54) is 6.07 Å². The van der Waals surface area contributed by atoms with Crippen LogP contribution in [0.15, 0.2) is 36.7 Å². The molecule has 1 heterocycles. The number of hydrogen-bond donors (Lipinski definition) is 1. The molecule has 0 saturated carbocycles. The van der Waals surface area contributed by atoms with Gasteiger partial charge in [0.25, 0.3) is 5.69 Å². The van der Waals surface area contributed by atoms with Gasteiger partial charge in [0.15, 0.2) is 0 Å². The number of imidazole rings is 1. The highest BCUT2D eigenvalue weighted by molar-refractivity contribution is 5.34. The number of nitro groups is 1. The largest absolute Gasteiger partial charge is 0.329 e. The topological polar surface area (TPSA) is 73.0 Å². The van der Waals surface area contributed by atoms with Crippen molar-refractivity contribution < 1.29 is 4.92 Å². The summed E-state index contributed by atoms with van der Waals surface area (Å²) in [4.78, 5) is 14.6. The zero-order valence-corrected chi connectivity index (χ0v) is 10.7. The molecule has 2 rings (SSSR count). The third-order valence-corrected chi connectivity index (χ3v) is 2.81. The standard InChI is InChI=1S/C13H16N4O2/c1-2-14-9-13-15-6-7-16(13)10-11-4-3-5-12(8-11)17(18)19/h3-8,14H,2,9-10H2,1H3. The van der Waals surface area contributed by atoms with Gasteiger partial charge in [-0.15, -0.1) is 0 Å². The van der Waals surface area contributed by atoms with Gasteiger partial charge in [0.1, 0.15) is 5.82 Å². The zero-order chi connectivity index (χ0) is 13.7. The molecule has 6 nitrogen and oxygen atoms in total. The van der Waals surface area contributed by atoms with Gasteiger partial charge < -0.3 is 9.88 Å². The molecule has 1 aromatic carbocycles. The summed E-state index contributed by atoms with van der Waals surface area (Å²) in [5.74, 6) is 0.924. The molecule has 0 fully saturated rings. The van der Waals surface area contributed by atoms with Crippen molar-refractivity contribution in [2.45, 2.75) is 20.0 Å². The van der Waals surface area contributed by atoms with Crippen LogP contribution in [0.2, 0.25) is 0 Å². The van der Waals surface area contributed by atoms with Crippen molar-refractivity contribution in [3.8, 4) is 0 Å². The first kappa shape index (κ1) is 13.2. The molecule has 1 aromatic heterocycles. The van der Waals surface area contributed by atoms with E-state index in [4.69, 9.17) is 0 Å². The van der Waals surface area contributed by atoms with Crippen LogP contribution in [-0.4, -0.2) is 21.0 Å². The molecular formula is C13H16N4O2. The average molecular weight is 260 g/mol. The number of nitrogens with one attached hydrogen (secondary N) is 1. The number of non-ortho nitro benzene ring substituents is 1. The van der Waals surface area contributed by atoms with Gasteiger partial charge in [0.05, 0.1) is 11.5 Å². The summed E-state index contributed by atoms with van der Waals surface area (Å²) in [6.45, 7) is 4.19. The van der Waals surface area contributed by atoms with Crippen molar-refractivity contribution in [2.24, 2.45) is 0 Å². The highest BCUT2D eigenvalue weighted by atomic mass is 16.6. The van der Waals surface area contributed by atoms with Crippen LogP contribution in [0, 0.1) is 10.1 Å². The van der Waals surface area contributed by atoms with Crippen LogP contribution in [0.5, 0.6) is 0 Å². The monoisotopic (exact) mass is 260 g/mol. The lowest BCUT2D eigenvalue weighted by Crippen LogP contribution is -2.16. The zero-order valence-electron chi connectivity index (χ0n) is 10.7. The van der Waals surface area contributed by atoms with Crippen molar-refractivity contribution in [3.63, 3.8) is 0 Å². The summed E-state index contributed by atoms with van der Waals surface area (Å²) >= 11 is 0. The van der Waals surface area contributed by atoms with Crippen molar-refractivity contribution in [1.29, 1.82) is 0 Å². The maximum atomic E-state index is 10.7. The van der Waals surface area contributed by atoms with Gasteiger partial charge >= 0.3 is 0 Å². The van der Waals surface area contributed by atoms with Crippen LogP contribution in [-0.2, 0) is 13.1 Å². The number of rotatable bonds is 6. The van der Waals surface area contributed by atoms with Gasteiger partial charge in [-0.05, 0) is 12.1 Å². The lowest BCUT2D eigenvalue weighted by atomic mass is 10.2. The smallest absolute Gasteiger partial charge is 0.269 e. The normalized spacial score (nSPS) is 10.6. The van der Waals surface area contributed by atoms with Gasteiger partial charge in [0, 0.05) is 31.1 Å². The molecule has 0 aliphatic heterocycles. The first-order chi connectivity index (χ1) is 9.20. The molecule has 2 aromatic rings. The molecule has 0 aliphatic carbocycles. The van der Waals surface area contributed by atoms with E-state index in [0.717, 1.165) is 17.9 Å². The fourth-order valence-electron chi connectivity index (χ4n) is 1.85. The molecule has 0 aliphatic rings. The third-order valence-electron chi connectivity index (χ3n) is 2.81. The van der Waals surface area contributed by atoms with Crippen LogP contribution in [0.25, 0.3) is 0 Å². The molecule has 0 atom stereocenters. The first-order valence-corrected chi connectivity index (χ1v) is 6.14. The summed E-state index contributed by atoms with van der Waals surface area (Å²) in [5, 5.41) is 14.0. The summed E-state index contributed by atoms with van der Waals surface area (Å²) in [7, 11) is 0. The van der Waals surface area contributed by atoms with Gasteiger partial charge in [-0.1, -0.05) is 19.1 Å². The van der Waals surface area contributed by atoms with Crippen LogP contribution < -0.4 is 5.32 Å². The lowest BCUT2D eigenvalue weighted by molar-refractivity contribution is -0.384. The van der Waals surface area contributed by atoms with E-state index >= 15 is 0 Å². The Morgan fingerprint density at radius 3 is 3.05 bits per heavy atom. The molecule has 19 heavy (non-hydrogen) atoms.